The number of nitrogens with one attached hydrogen (secondary N) is 1. The van der Waals surface area contributed by atoms with E-state index in [9.17, 15) is 14.4 Å². The van der Waals surface area contributed by atoms with Crippen LogP contribution in [0.15, 0.2) is 24.3 Å². The van der Waals surface area contributed by atoms with E-state index >= 15 is 0 Å². The monoisotopic (exact) mass is 302 g/mol. The zero-order valence-corrected chi connectivity index (χ0v) is 12.8. The number of rotatable bonds is 4. The second-order valence-corrected chi connectivity index (χ2v) is 4.35. The van der Waals surface area contributed by atoms with Gasteiger partial charge in [-0.3, -0.25) is 14.9 Å². The van der Waals surface area contributed by atoms with Gasteiger partial charge in [-0.1, -0.05) is 18.9 Å². The molecular formula is C16H18N2O4. The minimum atomic E-state index is -0.624. The summed E-state index contributed by atoms with van der Waals surface area (Å²) < 4.78 is 4.91. The SMILES string of the molecule is CC#CC(=O)N(C(C)=O)c1cccc(NC(=O)OCCC)c1. The zero-order valence-electron chi connectivity index (χ0n) is 12.8. The van der Waals surface area contributed by atoms with Gasteiger partial charge in [0.2, 0.25) is 5.91 Å². The van der Waals surface area contributed by atoms with Gasteiger partial charge >= 0.3 is 12.0 Å². The molecule has 0 radical (unpaired) electrons. The van der Waals surface area contributed by atoms with Crippen molar-refractivity contribution >= 4 is 29.3 Å². The van der Waals surface area contributed by atoms with Gasteiger partial charge in [-0.05, 0) is 37.5 Å². The molecule has 1 aromatic carbocycles. The normalized spacial score (nSPS) is 9.23. The molecule has 0 saturated carbocycles. The molecule has 6 heteroatoms. The molecule has 0 unspecified atom stereocenters. The van der Waals surface area contributed by atoms with Crippen molar-refractivity contribution in [2.75, 3.05) is 16.8 Å². The summed E-state index contributed by atoms with van der Waals surface area (Å²) in [4.78, 5) is 36.0. The number of anilines is 2. The number of imide groups is 1. The quantitative estimate of drug-likeness (QED) is 0.867. The highest BCUT2D eigenvalue weighted by Crippen LogP contribution is 2.20. The van der Waals surface area contributed by atoms with Crippen LogP contribution in [0.25, 0.3) is 0 Å². The van der Waals surface area contributed by atoms with E-state index in [0.717, 1.165) is 11.3 Å². The lowest BCUT2D eigenvalue weighted by molar-refractivity contribution is -0.122. The average molecular weight is 302 g/mol. The molecule has 0 saturated heterocycles. The molecule has 0 aliphatic heterocycles. The number of nitrogens with zero attached hydrogens (tertiary/aromatic N) is 1. The number of carbonyl (C=O) groups is 3. The lowest BCUT2D eigenvalue weighted by atomic mass is 10.2. The summed E-state index contributed by atoms with van der Waals surface area (Å²) in [6, 6.07) is 6.33. The number of amides is 3. The van der Waals surface area contributed by atoms with Crippen LogP contribution in [-0.4, -0.2) is 24.5 Å². The fourth-order valence-electron chi connectivity index (χ4n) is 1.68. The van der Waals surface area contributed by atoms with Crippen LogP contribution in [0.2, 0.25) is 0 Å². The van der Waals surface area contributed by atoms with Crippen LogP contribution < -0.4 is 10.2 Å². The summed E-state index contributed by atoms with van der Waals surface area (Å²) in [6.45, 7) is 4.98. The predicted octanol–water partition coefficient (Wildman–Crippen LogP) is 2.55. The van der Waals surface area contributed by atoms with Crippen LogP contribution in [0.4, 0.5) is 16.2 Å². The smallest absolute Gasteiger partial charge is 0.411 e. The van der Waals surface area contributed by atoms with Gasteiger partial charge in [-0.25, -0.2) is 9.69 Å². The maximum absolute atomic E-state index is 11.9. The Bertz CT molecular complexity index is 629. The molecule has 3 amide bonds. The summed E-state index contributed by atoms with van der Waals surface area (Å²) in [6.07, 6.45) is 0.128. The van der Waals surface area contributed by atoms with E-state index in [2.05, 4.69) is 17.2 Å². The van der Waals surface area contributed by atoms with Crippen molar-refractivity contribution in [1.82, 2.24) is 0 Å². The molecule has 1 N–H and O–H groups in total. The van der Waals surface area contributed by atoms with E-state index in [4.69, 9.17) is 4.74 Å². The molecule has 0 aliphatic rings. The van der Waals surface area contributed by atoms with Crippen molar-refractivity contribution < 1.29 is 19.1 Å². The Balaban J connectivity index is 2.97. The Labute approximate surface area is 129 Å². The van der Waals surface area contributed by atoms with Gasteiger partial charge in [-0.2, -0.15) is 0 Å². The number of hydrogen-bond donors (Lipinski definition) is 1. The third-order valence-corrected chi connectivity index (χ3v) is 2.54. The van der Waals surface area contributed by atoms with Crippen LogP contribution in [0.1, 0.15) is 27.2 Å². The molecule has 0 fully saturated rings. The molecule has 6 nitrogen and oxygen atoms in total. The fraction of sp³-hybridized carbons (Fsp3) is 0.312. The van der Waals surface area contributed by atoms with E-state index in [0.29, 0.717) is 18.0 Å². The molecule has 116 valence electrons. The van der Waals surface area contributed by atoms with E-state index in [1.54, 1.807) is 18.2 Å². The molecular weight excluding hydrogens is 284 g/mol. The number of carbonyl (C=O) groups excluding carboxylic acids is 3. The summed E-state index contributed by atoms with van der Waals surface area (Å²) in [5, 5.41) is 2.54. The van der Waals surface area contributed by atoms with Gasteiger partial charge < -0.3 is 4.74 Å². The molecule has 0 bridgehead atoms. The van der Waals surface area contributed by atoms with Crippen LogP contribution >= 0.6 is 0 Å². The molecule has 22 heavy (non-hydrogen) atoms. The lowest BCUT2D eigenvalue weighted by Crippen LogP contribution is -2.34. The third-order valence-electron chi connectivity index (χ3n) is 2.54. The van der Waals surface area contributed by atoms with Crippen LogP contribution in [0.5, 0.6) is 0 Å². The number of ether oxygens (including phenoxy) is 1. The van der Waals surface area contributed by atoms with E-state index in [1.807, 2.05) is 6.92 Å². The van der Waals surface area contributed by atoms with Crippen molar-refractivity contribution in [2.45, 2.75) is 27.2 Å². The highest BCUT2D eigenvalue weighted by atomic mass is 16.5. The topological polar surface area (TPSA) is 75.7 Å². The van der Waals surface area contributed by atoms with Gasteiger partial charge in [0.15, 0.2) is 0 Å². The maximum Gasteiger partial charge on any atom is 0.411 e. The summed E-state index contributed by atoms with van der Waals surface area (Å²) >= 11 is 0. The second-order valence-electron chi connectivity index (χ2n) is 4.35. The van der Waals surface area contributed by atoms with E-state index in [-0.39, 0.29) is 0 Å². The van der Waals surface area contributed by atoms with Crippen molar-refractivity contribution in [3.8, 4) is 11.8 Å². The highest BCUT2D eigenvalue weighted by Gasteiger charge is 2.19. The largest absolute Gasteiger partial charge is 0.449 e. The van der Waals surface area contributed by atoms with Crippen molar-refractivity contribution in [3.63, 3.8) is 0 Å². The lowest BCUT2D eigenvalue weighted by Gasteiger charge is -2.17. The molecule has 1 rings (SSSR count). The highest BCUT2D eigenvalue weighted by molar-refractivity contribution is 6.20. The molecule has 0 aromatic heterocycles. The Morgan fingerprint density at radius 3 is 2.64 bits per heavy atom. The van der Waals surface area contributed by atoms with Crippen LogP contribution in [0, 0.1) is 11.8 Å². The fourth-order valence-corrected chi connectivity index (χ4v) is 1.68. The minimum absolute atomic E-state index is 0.315. The Morgan fingerprint density at radius 1 is 1.32 bits per heavy atom. The summed E-state index contributed by atoms with van der Waals surface area (Å²) in [5.41, 5.74) is 0.746. The predicted molar refractivity (Wildman–Crippen MR) is 83.3 cm³/mol. The molecule has 0 spiro atoms. The maximum atomic E-state index is 11.9. The second kappa shape index (κ2) is 8.47. The molecule has 0 aliphatic carbocycles. The van der Waals surface area contributed by atoms with Gasteiger partial charge in [0.1, 0.15) is 0 Å². The molecule has 1 aromatic rings. The third kappa shape index (κ3) is 4.94. The summed E-state index contributed by atoms with van der Waals surface area (Å²) in [7, 11) is 0. The first-order valence-electron chi connectivity index (χ1n) is 6.80. The average Bonchev–Trinajstić information content (AvgIpc) is 2.45. The first-order valence-corrected chi connectivity index (χ1v) is 6.80. The van der Waals surface area contributed by atoms with Crippen molar-refractivity contribution in [2.24, 2.45) is 0 Å². The number of benzene rings is 1. The van der Waals surface area contributed by atoms with E-state index in [1.165, 1.54) is 19.9 Å². The van der Waals surface area contributed by atoms with E-state index < -0.39 is 17.9 Å². The van der Waals surface area contributed by atoms with Gasteiger partial charge in [0, 0.05) is 12.6 Å². The van der Waals surface area contributed by atoms with Gasteiger partial charge in [-0.15, -0.1) is 0 Å². The Hall–Kier alpha value is -2.81. The standard InChI is InChI=1S/C16H18N2O4/c1-4-7-15(20)18(12(3)19)14-9-6-8-13(11-14)17-16(21)22-10-5-2/h6,8-9,11H,5,10H2,1-3H3,(H,17,21). The summed E-state index contributed by atoms with van der Waals surface area (Å²) in [5.74, 6) is 3.69. The van der Waals surface area contributed by atoms with Crippen LogP contribution in [0.3, 0.4) is 0 Å². The minimum Gasteiger partial charge on any atom is -0.449 e. The van der Waals surface area contributed by atoms with Gasteiger partial charge in [0.05, 0.1) is 12.3 Å². The first kappa shape index (κ1) is 17.2. The van der Waals surface area contributed by atoms with Crippen molar-refractivity contribution in [3.05, 3.63) is 24.3 Å². The Kier molecular flexibility index (Phi) is 6.64. The number of hydrogen-bond acceptors (Lipinski definition) is 4. The Morgan fingerprint density at radius 2 is 2.05 bits per heavy atom. The van der Waals surface area contributed by atoms with Crippen molar-refractivity contribution in [1.29, 1.82) is 0 Å². The van der Waals surface area contributed by atoms with Gasteiger partial charge in [0.25, 0.3) is 0 Å². The molecule has 0 atom stereocenters. The first-order chi connectivity index (χ1) is 10.5. The zero-order chi connectivity index (χ0) is 16.5. The van der Waals surface area contributed by atoms with Crippen LogP contribution in [-0.2, 0) is 14.3 Å². The molecule has 0 heterocycles.